The van der Waals surface area contributed by atoms with Crippen molar-refractivity contribution in [2.24, 2.45) is 0 Å². The molecule has 5 rings (SSSR count). The number of carbonyl (C=O) groups excluding carboxylic acids is 2. The lowest BCUT2D eigenvalue weighted by molar-refractivity contribution is -0.135. The van der Waals surface area contributed by atoms with Crippen molar-refractivity contribution in [1.29, 1.82) is 0 Å². The van der Waals surface area contributed by atoms with Gasteiger partial charge in [0.15, 0.2) is 0 Å². The molecule has 1 saturated heterocycles. The molecule has 1 fully saturated rings. The zero-order valence-corrected chi connectivity index (χ0v) is 23.8. The van der Waals surface area contributed by atoms with E-state index in [2.05, 4.69) is 5.32 Å². The molecule has 0 spiro atoms. The first-order valence-corrected chi connectivity index (χ1v) is 14.1. The average Bonchev–Trinajstić information content (AvgIpc) is 3.15. The van der Waals surface area contributed by atoms with Gasteiger partial charge in [0.2, 0.25) is 5.76 Å². The van der Waals surface area contributed by atoms with Crippen LogP contribution in [0.3, 0.4) is 0 Å². The average molecular weight is 570 g/mol. The van der Waals surface area contributed by atoms with E-state index >= 15 is 0 Å². The Morgan fingerprint density at radius 3 is 2.33 bits per heavy atom. The number of carboxylic acid groups (broad SMARTS) is 1. The number of carboxylic acids is 1. The molecule has 0 saturated carbocycles. The van der Waals surface area contributed by atoms with Gasteiger partial charge in [0, 0.05) is 31.4 Å². The van der Waals surface area contributed by atoms with Crippen LogP contribution in [-0.4, -0.2) is 58.7 Å². The number of aliphatic carboxylic acids is 1. The summed E-state index contributed by atoms with van der Waals surface area (Å²) in [4.78, 5) is 41.2. The molecule has 218 valence electrons. The number of nitrogens with one attached hydrogen (secondary N) is 1. The first-order chi connectivity index (χ1) is 20.3. The van der Waals surface area contributed by atoms with Crippen LogP contribution in [0.1, 0.15) is 40.7 Å². The number of para-hydroxylation sites is 1. The highest BCUT2D eigenvalue weighted by molar-refractivity contribution is 5.93. The minimum atomic E-state index is -1.33. The lowest BCUT2D eigenvalue weighted by Crippen LogP contribution is -2.50. The number of anilines is 1. The van der Waals surface area contributed by atoms with Crippen molar-refractivity contribution in [3.8, 4) is 5.75 Å². The van der Waals surface area contributed by atoms with Gasteiger partial charge in [-0.2, -0.15) is 0 Å². The van der Waals surface area contributed by atoms with Crippen LogP contribution in [0, 0.1) is 13.8 Å². The van der Waals surface area contributed by atoms with Crippen molar-refractivity contribution < 1.29 is 29.0 Å². The lowest BCUT2D eigenvalue weighted by Gasteiger charge is -2.37. The fraction of sp³-hybridized carbons (Fsp3) is 0.303. The molecule has 0 aromatic heterocycles. The van der Waals surface area contributed by atoms with E-state index in [1.165, 1.54) is 11.0 Å². The molecule has 3 aromatic rings. The summed E-state index contributed by atoms with van der Waals surface area (Å²) in [6, 6.07) is 21.1. The number of carbonyl (C=O) groups is 3. The lowest BCUT2D eigenvalue weighted by atomic mass is 10.0. The van der Waals surface area contributed by atoms with E-state index in [9.17, 15) is 19.5 Å². The molecule has 0 atom stereocenters. The first-order valence-electron chi connectivity index (χ1n) is 14.1. The Balaban J connectivity index is 1.19. The Hall–Kier alpha value is -4.79. The summed E-state index contributed by atoms with van der Waals surface area (Å²) >= 11 is 0. The summed E-state index contributed by atoms with van der Waals surface area (Å²) in [6.45, 7) is 5.52. The zero-order chi connectivity index (χ0) is 29.6. The molecule has 2 heterocycles. The van der Waals surface area contributed by atoms with Gasteiger partial charge in [-0.3, -0.25) is 0 Å². The van der Waals surface area contributed by atoms with Crippen LogP contribution in [-0.2, 0) is 22.6 Å². The van der Waals surface area contributed by atoms with E-state index < -0.39 is 17.8 Å². The standard InChI is InChI=1S/C33H35N3O6/c1-22-18-25(19-23(2)30(22)41-21-24-8-4-3-5-9-24)20-29(31(37)38)42-33(40)35-15-13-27(14-16-35)36-17-12-26-10-6-7-11-28(26)34-32(36)39/h3-11,18-20,27H,12-17,21H2,1-2H3,(H,34,39)(H,37,38)/b29-20+. The second-order valence-electron chi connectivity index (χ2n) is 10.7. The number of hydrogen-bond acceptors (Lipinski definition) is 5. The van der Waals surface area contributed by atoms with Crippen LogP contribution < -0.4 is 10.1 Å². The first kappa shape index (κ1) is 28.7. The van der Waals surface area contributed by atoms with E-state index in [1.54, 1.807) is 12.1 Å². The van der Waals surface area contributed by atoms with Crippen LogP contribution in [0.15, 0.2) is 72.5 Å². The Bertz CT molecular complexity index is 1470. The number of fused-ring (bicyclic) bond motifs is 1. The molecule has 3 amide bonds. The van der Waals surface area contributed by atoms with Crippen molar-refractivity contribution in [3.05, 3.63) is 100 Å². The number of benzene rings is 3. The maximum absolute atomic E-state index is 12.9. The largest absolute Gasteiger partial charge is 0.488 e. The van der Waals surface area contributed by atoms with Gasteiger partial charge in [-0.05, 0) is 85.2 Å². The number of nitrogens with zero attached hydrogens (tertiary/aromatic N) is 2. The highest BCUT2D eigenvalue weighted by atomic mass is 16.6. The van der Waals surface area contributed by atoms with E-state index in [0.29, 0.717) is 44.6 Å². The molecule has 42 heavy (non-hydrogen) atoms. The van der Waals surface area contributed by atoms with Crippen molar-refractivity contribution >= 4 is 29.9 Å². The summed E-state index contributed by atoms with van der Waals surface area (Å²) in [6.07, 6.45) is 2.55. The quantitative estimate of drug-likeness (QED) is 0.267. The molecule has 9 heteroatoms. The molecule has 0 unspecified atom stereocenters. The third-order valence-corrected chi connectivity index (χ3v) is 7.72. The number of ether oxygens (including phenoxy) is 2. The van der Waals surface area contributed by atoms with Crippen LogP contribution in [0.4, 0.5) is 15.3 Å². The fourth-order valence-corrected chi connectivity index (χ4v) is 5.57. The Labute approximate surface area is 245 Å². The van der Waals surface area contributed by atoms with Crippen molar-refractivity contribution in [1.82, 2.24) is 9.80 Å². The number of piperidine rings is 1. The molecule has 2 N–H and O–H groups in total. The zero-order valence-electron chi connectivity index (χ0n) is 23.8. The second-order valence-corrected chi connectivity index (χ2v) is 10.7. The summed E-state index contributed by atoms with van der Waals surface area (Å²) in [5.74, 6) is -1.06. The molecule has 0 aliphatic carbocycles. The third kappa shape index (κ3) is 6.74. The summed E-state index contributed by atoms with van der Waals surface area (Å²) < 4.78 is 11.4. The molecular formula is C33H35N3O6. The van der Waals surface area contributed by atoms with Gasteiger partial charge in [-0.1, -0.05) is 48.5 Å². The summed E-state index contributed by atoms with van der Waals surface area (Å²) in [7, 11) is 0. The number of likely N-dealkylation sites (tertiary alicyclic amines) is 1. The van der Waals surface area contributed by atoms with Gasteiger partial charge in [-0.25, -0.2) is 14.4 Å². The van der Waals surface area contributed by atoms with E-state index in [4.69, 9.17) is 9.47 Å². The van der Waals surface area contributed by atoms with Gasteiger partial charge < -0.3 is 29.7 Å². The number of aryl methyl sites for hydroxylation is 2. The van der Waals surface area contributed by atoms with Crippen molar-refractivity contribution in [2.45, 2.75) is 45.8 Å². The Kier molecular flexibility index (Phi) is 8.76. The maximum atomic E-state index is 12.9. The molecule has 3 aromatic carbocycles. The number of rotatable bonds is 7. The smallest absolute Gasteiger partial charge is 0.415 e. The summed E-state index contributed by atoms with van der Waals surface area (Å²) in [5.41, 5.74) is 5.26. The highest BCUT2D eigenvalue weighted by Crippen LogP contribution is 2.28. The van der Waals surface area contributed by atoms with Crippen molar-refractivity contribution in [3.63, 3.8) is 0 Å². The third-order valence-electron chi connectivity index (χ3n) is 7.72. The van der Waals surface area contributed by atoms with Crippen LogP contribution in [0.25, 0.3) is 6.08 Å². The van der Waals surface area contributed by atoms with Crippen LogP contribution >= 0.6 is 0 Å². The van der Waals surface area contributed by atoms with Gasteiger partial charge >= 0.3 is 18.1 Å². The normalized spacial score (nSPS) is 15.9. The summed E-state index contributed by atoms with van der Waals surface area (Å²) in [5, 5.41) is 12.8. The van der Waals surface area contributed by atoms with E-state index in [0.717, 1.165) is 40.1 Å². The molecule has 0 bridgehead atoms. The predicted octanol–water partition coefficient (Wildman–Crippen LogP) is 6.00. The number of amides is 3. The van der Waals surface area contributed by atoms with Crippen molar-refractivity contribution in [2.75, 3.05) is 25.0 Å². The van der Waals surface area contributed by atoms with Crippen LogP contribution in [0.5, 0.6) is 5.75 Å². The minimum Gasteiger partial charge on any atom is -0.488 e. The Morgan fingerprint density at radius 1 is 0.976 bits per heavy atom. The molecular weight excluding hydrogens is 534 g/mol. The molecule has 2 aliphatic rings. The second kappa shape index (κ2) is 12.8. The minimum absolute atomic E-state index is 0.0218. The highest BCUT2D eigenvalue weighted by Gasteiger charge is 2.32. The van der Waals surface area contributed by atoms with E-state index in [1.807, 2.05) is 73.3 Å². The van der Waals surface area contributed by atoms with Gasteiger partial charge in [-0.15, -0.1) is 0 Å². The number of urea groups is 1. The number of hydrogen-bond donors (Lipinski definition) is 2. The van der Waals surface area contributed by atoms with Gasteiger partial charge in [0.25, 0.3) is 0 Å². The predicted molar refractivity (Wildman–Crippen MR) is 159 cm³/mol. The van der Waals surface area contributed by atoms with E-state index in [-0.39, 0.29) is 12.1 Å². The fourth-order valence-electron chi connectivity index (χ4n) is 5.57. The van der Waals surface area contributed by atoms with Crippen LogP contribution in [0.2, 0.25) is 0 Å². The topological polar surface area (TPSA) is 108 Å². The Morgan fingerprint density at radius 2 is 1.64 bits per heavy atom. The van der Waals surface area contributed by atoms with Gasteiger partial charge in [0.1, 0.15) is 12.4 Å². The molecule has 9 nitrogen and oxygen atoms in total. The molecule has 2 aliphatic heterocycles. The maximum Gasteiger partial charge on any atom is 0.415 e. The van der Waals surface area contributed by atoms with Gasteiger partial charge in [0.05, 0.1) is 0 Å². The molecule has 0 radical (unpaired) electrons. The SMILES string of the molecule is Cc1cc(/C=C(/OC(=O)N2CCC(N3CCc4ccccc4NC3=O)CC2)C(=O)O)cc(C)c1OCc1ccccc1. The monoisotopic (exact) mass is 569 g/mol.